The second-order valence-electron chi connectivity index (χ2n) is 10.00. The molecule has 8 nitrogen and oxygen atoms in total. The molecule has 5 rings (SSSR count). The van der Waals surface area contributed by atoms with Crippen molar-refractivity contribution in [2.24, 2.45) is 4.99 Å². The molecule has 1 amide bonds. The second-order valence-corrected chi connectivity index (χ2v) is 11.3. The molecule has 0 saturated carbocycles. The maximum atomic E-state index is 15.0. The number of halogens is 4. The van der Waals surface area contributed by atoms with Crippen molar-refractivity contribution >= 4 is 45.9 Å². The fourth-order valence-corrected chi connectivity index (χ4v) is 5.62. The molecule has 1 atom stereocenters. The minimum atomic E-state index is -4.77. The molecule has 3 aromatic carbocycles. The van der Waals surface area contributed by atoms with Crippen LogP contribution < -0.4 is 15.0 Å². The number of benzene rings is 3. The number of alkyl halides is 4. The monoisotopic (exact) mass is 642 g/mol. The maximum absolute atomic E-state index is 15.0. The van der Waals surface area contributed by atoms with E-state index in [-0.39, 0.29) is 34.9 Å². The highest BCUT2D eigenvalue weighted by Gasteiger charge is 2.32. The zero-order valence-corrected chi connectivity index (χ0v) is 25.1. The number of rotatable bonds is 8. The molecular weight excluding hydrogens is 616 g/mol. The van der Waals surface area contributed by atoms with E-state index < -0.39 is 12.7 Å². The minimum Gasteiger partial charge on any atom is -0.406 e. The number of nitrogens with one attached hydrogen (secondary N) is 1. The third-order valence-corrected chi connectivity index (χ3v) is 7.63. The number of carbonyl (C=O) groups excluding carboxylic acids is 1. The lowest BCUT2D eigenvalue weighted by atomic mass is 10.0. The van der Waals surface area contributed by atoms with Crippen LogP contribution in [0.4, 0.5) is 23.2 Å². The molecule has 0 aliphatic carbocycles. The molecule has 4 aromatic rings. The highest BCUT2D eigenvalue weighted by atomic mass is 32.2. The summed E-state index contributed by atoms with van der Waals surface area (Å²) < 4.78 is 57.5. The normalized spacial score (nSPS) is 15.2. The van der Waals surface area contributed by atoms with Crippen LogP contribution >= 0.6 is 24.0 Å². The van der Waals surface area contributed by atoms with E-state index in [9.17, 15) is 22.4 Å². The van der Waals surface area contributed by atoms with Crippen LogP contribution in [0.2, 0.25) is 0 Å². The molecule has 228 valence electrons. The molecule has 1 saturated heterocycles. The number of amides is 1. The molecule has 1 aliphatic rings. The lowest BCUT2D eigenvalue weighted by Crippen LogP contribution is -2.34. The average molecular weight is 643 g/mol. The van der Waals surface area contributed by atoms with Crippen LogP contribution in [0.25, 0.3) is 17.1 Å². The number of para-hydroxylation sites is 1. The van der Waals surface area contributed by atoms with Crippen LogP contribution in [0.5, 0.6) is 5.75 Å². The highest BCUT2D eigenvalue weighted by molar-refractivity contribution is 8.15. The Morgan fingerprint density at radius 3 is 2.48 bits per heavy atom. The number of nitrogens with zero attached hydrogens (tertiary/aromatic N) is 5. The SMILES string of the molecule is CC(C)c1ccccc1N1C(=O)CSC1=NC(=S)NC(F)Cc1ccc(-c2ncn(-c3ccc(OC(F)(F)F)cc3)n2)cc1. The topological polar surface area (TPSA) is 84.6 Å². The van der Waals surface area contributed by atoms with Gasteiger partial charge >= 0.3 is 6.36 Å². The van der Waals surface area contributed by atoms with Crippen molar-refractivity contribution in [2.75, 3.05) is 10.7 Å². The first kappa shape index (κ1) is 31.1. The van der Waals surface area contributed by atoms with Gasteiger partial charge in [-0.3, -0.25) is 9.69 Å². The standard InChI is InChI=1S/C30H26F4N6O2S2/c1-18(2)23-5-3-4-6-24(23)40-26(41)16-44-29(40)37-28(43)36-25(31)15-19-7-9-20(10-8-19)27-35-17-39(38-27)21-11-13-22(14-12-21)42-30(32,33)34/h3-14,17-18,25H,15-16H2,1-2H3,(H,36,43). The molecule has 1 unspecified atom stereocenters. The maximum Gasteiger partial charge on any atom is 0.573 e. The number of hydrogen-bond donors (Lipinski definition) is 1. The van der Waals surface area contributed by atoms with E-state index >= 15 is 0 Å². The Kier molecular flexibility index (Phi) is 9.30. The van der Waals surface area contributed by atoms with Gasteiger partial charge in [-0.05, 0) is 59.6 Å². The van der Waals surface area contributed by atoms with E-state index in [1.54, 1.807) is 24.3 Å². The Morgan fingerprint density at radius 1 is 1.09 bits per heavy atom. The number of ether oxygens (including phenoxy) is 1. The highest BCUT2D eigenvalue weighted by Crippen LogP contribution is 2.33. The van der Waals surface area contributed by atoms with Gasteiger partial charge in [-0.1, -0.05) is 68.1 Å². The van der Waals surface area contributed by atoms with E-state index in [0.29, 0.717) is 27.8 Å². The lowest BCUT2D eigenvalue weighted by molar-refractivity contribution is -0.274. The molecule has 44 heavy (non-hydrogen) atoms. The number of anilines is 1. The number of thioether (sulfide) groups is 1. The van der Waals surface area contributed by atoms with Crippen molar-refractivity contribution in [3.05, 3.63) is 90.3 Å². The Bertz CT molecular complexity index is 1670. The molecule has 0 bridgehead atoms. The molecule has 0 radical (unpaired) electrons. The average Bonchev–Trinajstić information content (AvgIpc) is 3.60. The van der Waals surface area contributed by atoms with Gasteiger partial charge in [0.25, 0.3) is 0 Å². The van der Waals surface area contributed by atoms with Gasteiger partial charge in [-0.15, -0.1) is 18.3 Å². The summed E-state index contributed by atoms with van der Waals surface area (Å²) in [7, 11) is 0. The lowest BCUT2D eigenvalue weighted by Gasteiger charge is -2.21. The molecule has 1 fully saturated rings. The predicted molar refractivity (Wildman–Crippen MR) is 166 cm³/mol. The van der Waals surface area contributed by atoms with Gasteiger partial charge < -0.3 is 10.1 Å². The summed E-state index contributed by atoms with van der Waals surface area (Å²) in [6.45, 7) is 4.09. The minimum absolute atomic E-state index is 0.00541. The zero-order valence-electron chi connectivity index (χ0n) is 23.5. The smallest absolute Gasteiger partial charge is 0.406 e. The number of hydrogen-bond acceptors (Lipinski definition) is 6. The van der Waals surface area contributed by atoms with Crippen LogP contribution in [0.15, 0.2) is 84.1 Å². The van der Waals surface area contributed by atoms with Gasteiger partial charge in [0.05, 0.1) is 17.1 Å². The van der Waals surface area contributed by atoms with Gasteiger partial charge in [0.2, 0.25) is 5.91 Å². The summed E-state index contributed by atoms with van der Waals surface area (Å²) in [6, 6.07) is 19.8. The molecule has 0 spiro atoms. The largest absolute Gasteiger partial charge is 0.573 e. The van der Waals surface area contributed by atoms with Gasteiger partial charge in [0.15, 0.2) is 22.4 Å². The van der Waals surface area contributed by atoms with E-state index in [2.05, 4.69) is 25.1 Å². The summed E-state index contributed by atoms with van der Waals surface area (Å²) in [5.74, 6) is 0.329. The van der Waals surface area contributed by atoms with Crippen molar-refractivity contribution in [1.29, 1.82) is 0 Å². The quantitative estimate of drug-likeness (QED) is 0.129. The molecule has 14 heteroatoms. The molecule has 1 N–H and O–H groups in total. The molecular formula is C30H26F4N6O2S2. The van der Waals surface area contributed by atoms with E-state index in [4.69, 9.17) is 12.2 Å². The third-order valence-electron chi connectivity index (χ3n) is 6.50. The Hall–Kier alpha value is -4.30. The van der Waals surface area contributed by atoms with Crippen molar-refractivity contribution in [1.82, 2.24) is 20.1 Å². The van der Waals surface area contributed by atoms with Crippen molar-refractivity contribution in [3.8, 4) is 22.8 Å². The fourth-order valence-electron chi connectivity index (χ4n) is 4.48. The van der Waals surface area contributed by atoms with Gasteiger partial charge in [0, 0.05) is 12.0 Å². The summed E-state index contributed by atoms with van der Waals surface area (Å²) >= 11 is 6.55. The van der Waals surface area contributed by atoms with Crippen molar-refractivity contribution in [3.63, 3.8) is 0 Å². The Labute approximate surface area is 260 Å². The number of amidine groups is 1. The zero-order chi connectivity index (χ0) is 31.4. The number of aromatic nitrogens is 3. The summed E-state index contributed by atoms with van der Waals surface area (Å²) in [4.78, 5) is 22.9. The van der Waals surface area contributed by atoms with Crippen molar-refractivity contribution < 1.29 is 27.1 Å². The third kappa shape index (κ3) is 7.61. The molecule has 1 aromatic heterocycles. The van der Waals surface area contributed by atoms with E-state index in [1.165, 1.54) is 51.9 Å². The van der Waals surface area contributed by atoms with Gasteiger partial charge in [0.1, 0.15) is 12.1 Å². The van der Waals surface area contributed by atoms with Crippen LogP contribution in [-0.2, 0) is 11.2 Å². The molecule has 1 aliphatic heterocycles. The van der Waals surface area contributed by atoms with Gasteiger partial charge in [-0.25, -0.2) is 14.1 Å². The number of carbonyl (C=O) groups is 1. The number of aliphatic imine (C=N–C) groups is 1. The summed E-state index contributed by atoms with van der Waals surface area (Å²) in [5.41, 5.74) is 3.58. The summed E-state index contributed by atoms with van der Waals surface area (Å²) in [6.07, 6.45) is -4.86. The first-order chi connectivity index (χ1) is 21.0. The van der Waals surface area contributed by atoms with Crippen LogP contribution in [0.3, 0.4) is 0 Å². The Balaban J connectivity index is 1.19. The first-order valence-corrected chi connectivity index (χ1v) is 14.8. The fraction of sp³-hybridized carbons (Fsp3) is 0.233. The van der Waals surface area contributed by atoms with Crippen LogP contribution in [0, 0.1) is 0 Å². The Morgan fingerprint density at radius 2 is 1.80 bits per heavy atom. The predicted octanol–water partition coefficient (Wildman–Crippen LogP) is 6.80. The second kappa shape index (κ2) is 13.1. The van der Waals surface area contributed by atoms with Crippen LogP contribution in [-0.4, -0.2) is 49.4 Å². The van der Waals surface area contributed by atoms with Crippen LogP contribution in [0.1, 0.15) is 30.9 Å². The number of thiocarbonyl (C=S) groups is 1. The first-order valence-electron chi connectivity index (χ1n) is 13.4. The summed E-state index contributed by atoms with van der Waals surface area (Å²) in [5, 5.41) is 7.30. The van der Waals surface area contributed by atoms with E-state index in [1.807, 2.05) is 38.1 Å². The molecule has 2 heterocycles. The van der Waals surface area contributed by atoms with E-state index in [0.717, 1.165) is 11.3 Å². The van der Waals surface area contributed by atoms with Gasteiger partial charge in [-0.2, -0.15) is 4.99 Å². The van der Waals surface area contributed by atoms with Crippen molar-refractivity contribution in [2.45, 2.75) is 38.8 Å².